The molecule has 0 aliphatic heterocycles. The molecule has 6 heteroatoms. The van der Waals surface area contributed by atoms with E-state index in [1.165, 1.54) is 0 Å². The van der Waals surface area contributed by atoms with Gasteiger partial charge in [-0.25, -0.2) is 4.79 Å². The standard InChI is InChI=1S/C22H21BrN2O3/c1-14-10-18(11-15(2)22(14)23)27-13-21(26)28-25-20(24)12-17-8-5-7-16-6-3-4-9-19(16)17/h3-11H,12-13H2,1-2H3,(H2,24,25). The first-order valence-corrected chi connectivity index (χ1v) is 9.61. The minimum absolute atomic E-state index is 0.222. The van der Waals surface area contributed by atoms with Gasteiger partial charge in [0.1, 0.15) is 11.6 Å². The zero-order chi connectivity index (χ0) is 20.1. The number of fused-ring (bicyclic) bond motifs is 1. The highest BCUT2D eigenvalue weighted by Gasteiger charge is 2.09. The SMILES string of the molecule is Cc1cc(OCC(=O)O/N=C(/N)Cc2cccc3ccccc23)cc(C)c1Br. The molecule has 3 rings (SSSR count). The Morgan fingerprint density at radius 3 is 2.50 bits per heavy atom. The lowest BCUT2D eigenvalue weighted by atomic mass is 10.0. The van der Waals surface area contributed by atoms with Gasteiger partial charge in [0, 0.05) is 10.9 Å². The molecule has 0 aliphatic carbocycles. The summed E-state index contributed by atoms with van der Waals surface area (Å²) >= 11 is 3.50. The number of rotatable bonds is 6. The van der Waals surface area contributed by atoms with Crippen LogP contribution < -0.4 is 10.5 Å². The fourth-order valence-electron chi connectivity index (χ4n) is 2.94. The van der Waals surface area contributed by atoms with Crippen LogP contribution in [0.25, 0.3) is 10.8 Å². The van der Waals surface area contributed by atoms with Crippen molar-refractivity contribution in [3.63, 3.8) is 0 Å². The van der Waals surface area contributed by atoms with Crippen LogP contribution in [0.15, 0.2) is 64.2 Å². The lowest BCUT2D eigenvalue weighted by Gasteiger charge is -2.09. The molecule has 144 valence electrons. The molecule has 0 aromatic heterocycles. The minimum Gasteiger partial charge on any atom is -0.482 e. The van der Waals surface area contributed by atoms with Crippen LogP contribution in [0, 0.1) is 13.8 Å². The molecule has 0 saturated carbocycles. The van der Waals surface area contributed by atoms with E-state index in [-0.39, 0.29) is 12.4 Å². The van der Waals surface area contributed by atoms with Crippen molar-refractivity contribution in [1.82, 2.24) is 0 Å². The van der Waals surface area contributed by atoms with Gasteiger partial charge in [-0.3, -0.25) is 0 Å². The third-order valence-corrected chi connectivity index (χ3v) is 5.53. The van der Waals surface area contributed by atoms with Gasteiger partial charge in [-0.05, 0) is 53.4 Å². The summed E-state index contributed by atoms with van der Waals surface area (Å²) in [7, 11) is 0. The summed E-state index contributed by atoms with van der Waals surface area (Å²) in [6, 6.07) is 17.7. The van der Waals surface area contributed by atoms with Crippen LogP contribution in [0.1, 0.15) is 16.7 Å². The Morgan fingerprint density at radius 1 is 1.07 bits per heavy atom. The molecule has 5 nitrogen and oxygen atoms in total. The van der Waals surface area contributed by atoms with Crippen LogP contribution in [-0.4, -0.2) is 18.4 Å². The monoisotopic (exact) mass is 440 g/mol. The van der Waals surface area contributed by atoms with Gasteiger partial charge in [0.2, 0.25) is 0 Å². The fraction of sp³-hybridized carbons (Fsp3) is 0.182. The topological polar surface area (TPSA) is 73.9 Å². The van der Waals surface area contributed by atoms with Crippen molar-refractivity contribution >= 4 is 38.5 Å². The molecule has 0 heterocycles. The Bertz CT molecular complexity index is 1020. The summed E-state index contributed by atoms with van der Waals surface area (Å²) in [6.45, 7) is 3.67. The second-order valence-corrected chi connectivity index (χ2v) is 7.31. The number of nitrogens with two attached hydrogens (primary N) is 1. The van der Waals surface area contributed by atoms with Crippen LogP contribution in [0.2, 0.25) is 0 Å². The van der Waals surface area contributed by atoms with Gasteiger partial charge in [0.15, 0.2) is 6.61 Å². The molecule has 0 amide bonds. The van der Waals surface area contributed by atoms with E-state index < -0.39 is 5.97 Å². The van der Waals surface area contributed by atoms with Crippen LogP contribution >= 0.6 is 15.9 Å². The van der Waals surface area contributed by atoms with Crippen LogP contribution in [0.5, 0.6) is 5.75 Å². The second-order valence-electron chi connectivity index (χ2n) is 6.52. The molecule has 0 spiro atoms. The quantitative estimate of drug-likeness (QED) is 0.262. The maximum absolute atomic E-state index is 11.9. The van der Waals surface area contributed by atoms with Crippen molar-refractivity contribution < 1.29 is 14.4 Å². The van der Waals surface area contributed by atoms with Gasteiger partial charge in [-0.2, -0.15) is 0 Å². The molecule has 3 aromatic rings. The summed E-state index contributed by atoms with van der Waals surface area (Å²) < 4.78 is 6.51. The van der Waals surface area contributed by atoms with E-state index in [4.69, 9.17) is 15.3 Å². The highest BCUT2D eigenvalue weighted by Crippen LogP contribution is 2.26. The summed E-state index contributed by atoms with van der Waals surface area (Å²) in [4.78, 5) is 16.8. The van der Waals surface area contributed by atoms with E-state index in [0.29, 0.717) is 12.2 Å². The number of carbonyl (C=O) groups excluding carboxylic acids is 1. The Morgan fingerprint density at radius 2 is 1.75 bits per heavy atom. The van der Waals surface area contributed by atoms with Crippen molar-refractivity contribution in [3.05, 3.63) is 75.8 Å². The molecular formula is C22H21BrN2O3. The molecule has 0 radical (unpaired) electrons. The smallest absolute Gasteiger partial charge is 0.372 e. The van der Waals surface area contributed by atoms with E-state index in [0.717, 1.165) is 31.9 Å². The summed E-state index contributed by atoms with van der Waals surface area (Å²) in [5, 5.41) is 5.96. The van der Waals surface area contributed by atoms with Gasteiger partial charge in [-0.1, -0.05) is 63.6 Å². The number of amidine groups is 1. The van der Waals surface area contributed by atoms with Gasteiger partial charge in [0.05, 0.1) is 0 Å². The first kappa shape index (κ1) is 19.9. The first-order valence-electron chi connectivity index (χ1n) is 8.82. The number of hydrogen-bond donors (Lipinski definition) is 1. The molecule has 0 fully saturated rings. The Kier molecular flexibility index (Phi) is 6.31. The second kappa shape index (κ2) is 8.89. The van der Waals surface area contributed by atoms with E-state index in [1.54, 1.807) is 0 Å². The number of hydrogen-bond acceptors (Lipinski definition) is 4. The van der Waals surface area contributed by atoms with Gasteiger partial charge >= 0.3 is 5.97 Å². The van der Waals surface area contributed by atoms with Crippen molar-refractivity contribution in [2.24, 2.45) is 10.9 Å². The molecule has 0 atom stereocenters. The number of carbonyl (C=O) groups is 1. The summed E-state index contributed by atoms with van der Waals surface area (Å²) in [5.74, 6) is 0.210. The van der Waals surface area contributed by atoms with E-state index in [2.05, 4.69) is 21.1 Å². The largest absolute Gasteiger partial charge is 0.482 e. The average Bonchev–Trinajstić information content (AvgIpc) is 2.69. The zero-order valence-electron chi connectivity index (χ0n) is 15.7. The van der Waals surface area contributed by atoms with Gasteiger partial charge < -0.3 is 15.3 Å². The zero-order valence-corrected chi connectivity index (χ0v) is 17.3. The average molecular weight is 441 g/mol. The lowest BCUT2D eigenvalue weighted by molar-refractivity contribution is -0.146. The predicted molar refractivity (Wildman–Crippen MR) is 114 cm³/mol. The number of aryl methyl sites for hydroxylation is 2. The lowest BCUT2D eigenvalue weighted by Crippen LogP contribution is -2.19. The highest BCUT2D eigenvalue weighted by atomic mass is 79.9. The number of ether oxygens (including phenoxy) is 1. The number of halogens is 1. The first-order chi connectivity index (χ1) is 13.4. The molecule has 0 saturated heterocycles. The predicted octanol–water partition coefficient (Wildman–Crippen LogP) is 4.66. The summed E-state index contributed by atoms with van der Waals surface area (Å²) in [6.07, 6.45) is 0.389. The Balaban J connectivity index is 1.58. The van der Waals surface area contributed by atoms with Gasteiger partial charge in [-0.15, -0.1) is 0 Å². The van der Waals surface area contributed by atoms with Crippen molar-refractivity contribution in [2.75, 3.05) is 6.61 Å². The van der Waals surface area contributed by atoms with Crippen LogP contribution in [-0.2, 0) is 16.1 Å². The minimum atomic E-state index is -0.612. The molecule has 3 aromatic carbocycles. The van der Waals surface area contributed by atoms with Crippen molar-refractivity contribution in [2.45, 2.75) is 20.3 Å². The molecule has 0 aliphatic rings. The Labute approximate surface area is 172 Å². The maximum Gasteiger partial charge on any atom is 0.372 e. The third-order valence-electron chi connectivity index (χ3n) is 4.28. The fourth-order valence-corrected chi connectivity index (χ4v) is 3.17. The van der Waals surface area contributed by atoms with E-state index >= 15 is 0 Å². The number of benzene rings is 3. The van der Waals surface area contributed by atoms with E-state index in [9.17, 15) is 4.79 Å². The van der Waals surface area contributed by atoms with Crippen LogP contribution in [0.4, 0.5) is 0 Å². The molecule has 28 heavy (non-hydrogen) atoms. The highest BCUT2D eigenvalue weighted by molar-refractivity contribution is 9.10. The molecule has 0 unspecified atom stereocenters. The number of nitrogens with zero attached hydrogens (tertiary/aromatic N) is 1. The van der Waals surface area contributed by atoms with Crippen LogP contribution in [0.3, 0.4) is 0 Å². The maximum atomic E-state index is 11.9. The molecular weight excluding hydrogens is 420 g/mol. The third kappa shape index (κ3) is 4.89. The summed E-state index contributed by atoms with van der Waals surface area (Å²) in [5.41, 5.74) is 9.01. The molecule has 0 bridgehead atoms. The normalized spacial score (nSPS) is 11.5. The van der Waals surface area contributed by atoms with Crippen molar-refractivity contribution in [3.8, 4) is 5.75 Å². The van der Waals surface area contributed by atoms with E-state index in [1.807, 2.05) is 68.4 Å². The molecule has 2 N–H and O–H groups in total. The van der Waals surface area contributed by atoms with Crippen molar-refractivity contribution in [1.29, 1.82) is 0 Å². The number of oxime groups is 1. The Hall–Kier alpha value is -2.86. The van der Waals surface area contributed by atoms with Gasteiger partial charge in [0.25, 0.3) is 0 Å².